The number of hydrogen-bond acceptors (Lipinski definition) is 4. The third-order valence-electron chi connectivity index (χ3n) is 6.32. The Labute approximate surface area is 185 Å². The summed E-state index contributed by atoms with van der Waals surface area (Å²) in [5.41, 5.74) is 0. The van der Waals surface area contributed by atoms with E-state index in [-0.39, 0.29) is 6.42 Å². The second-order valence-electron chi connectivity index (χ2n) is 10.2. The van der Waals surface area contributed by atoms with Gasteiger partial charge in [0.1, 0.15) is 19.2 Å². The lowest BCUT2D eigenvalue weighted by Crippen LogP contribution is -2.63. The van der Waals surface area contributed by atoms with E-state index in [0.29, 0.717) is 24.0 Å². The number of carbonyl (C=O) groups excluding carboxylic acids is 1. The molecular formula is C25H49NO4. The quantitative estimate of drug-likeness (QED) is 0.257. The van der Waals surface area contributed by atoms with E-state index in [0.717, 1.165) is 12.8 Å². The summed E-state index contributed by atoms with van der Waals surface area (Å²) in [6, 6.07) is 0. The van der Waals surface area contributed by atoms with Gasteiger partial charge in [-0.1, -0.05) is 96.8 Å². The van der Waals surface area contributed by atoms with Crippen LogP contribution in [0.25, 0.3) is 0 Å². The lowest BCUT2D eigenvalue weighted by Gasteiger charge is -2.46. The minimum Gasteiger partial charge on any atom is -0.550 e. The van der Waals surface area contributed by atoms with Gasteiger partial charge >= 0.3 is 0 Å². The minimum absolute atomic E-state index is 0.150. The van der Waals surface area contributed by atoms with E-state index >= 15 is 0 Å². The monoisotopic (exact) mass is 427 g/mol. The number of nitrogens with zero attached hydrogens (tertiary/aromatic N) is 1. The van der Waals surface area contributed by atoms with E-state index in [4.69, 9.17) is 4.74 Å². The van der Waals surface area contributed by atoms with Gasteiger partial charge in [-0.15, -0.1) is 0 Å². The number of hydrogen-bond donors (Lipinski definition) is 1. The minimum atomic E-state index is -1.21. The van der Waals surface area contributed by atoms with Crippen molar-refractivity contribution < 1.29 is 24.2 Å². The first-order chi connectivity index (χ1) is 14.3. The predicted octanol–water partition coefficient (Wildman–Crippen LogP) is 4.55. The summed E-state index contributed by atoms with van der Waals surface area (Å²) in [5.74, 6) is -2.32. The standard InChI is InChI=1S/C25H49NO4/c1-4-5-6-7-8-9-10-11-12-13-14-15-16-17-18-19-25(29)22-26(2,3)21-23(30-25)20-24(27)28/h23,29H,4-22H2,1-3H3/t23-,25+/m1/s1. The number of unbranched alkanes of at least 4 members (excludes halogenated alkanes) is 14. The average Bonchev–Trinajstić information content (AvgIpc) is 2.62. The highest BCUT2D eigenvalue weighted by Crippen LogP contribution is 2.29. The molecule has 0 bridgehead atoms. The first-order valence-corrected chi connectivity index (χ1v) is 12.7. The van der Waals surface area contributed by atoms with E-state index in [1.165, 1.54) is 83.5 Å². The molecule has 1 N–H and O–H groups in total. The maximum absolute atomic E-state index is 10.9. The van der Waals surface area contributed by atoms with Crippen molar-refractivity contribution in [1.29, 1.82) is 0 Å². The molecule has 0 aromatic rings. The normalized spacial score (nSPS) is 23.5. The van der Waals surface area contributed by atoms with Crippen LogP contribution in [0.3, 0.4) is 0 Å². The van der Waals surface area contributed by atoms with Gasteiger partial charge in [0.2, 0.25) is 5.79 Å². The lowest BCUT2D eigenvalue weighted by atomic mass is 10.0. The number of likely N-dealkylation sites (N-methyl/N-ethyl adjacent to an activating group) is 1. The fourth-order valence-corrected chi connectivity index (χ4v) is 4.87. The first kappa shape index (κ1) is 27.4. The van der Waals surface area contributed by atoms with E-state index in [1.807, 2.05) is 14.1 Å². The highest BCUT2D eigenvalue weighted by molar-refractivity contribution is 5.64. The Morgan fingerprint density at radius 3 is 1.77 bits per heavy atom. The van der Waals surface area contributed by atoms with Crippen molar-refractivity contribution in [3.05, 3.63) is 0 Å². The van der Waals surface area contributed by atoms with Crippen LogP contribution in [0, 0.1) is 0 Å². The molecule has 0 aromatic heterocycles. The van der Waals surface area contributed by atoms with Crippen LogP contribution in [0.15, 0.2) is 0 Å². The number of quaternary nitrogens is 1. The van der Waals surface area contributed by atoms with Crippen molar-refractivity contribution in [2.24, 2.45) is 0 Å². The van der Waals surface area contributed by atoms with Gasteiger partial charge in [-0.3, -0.25) is 0 Å². The summed E-state index contributed by atoms with van der Waals surface area (Å²) in [6.45, 7) is 3.37. The van der Waals surface area contributed by atoms with Crippen LogP contribution in [-0.2, 0) is 9.53 Å². The van der Waals surface area contributed by atoms with E-state index in [2.05, 4.69) is 6.92 Å². The zero-order chi connectivity index (χ0) is 22.3. The Morgan fingerprint density at radius 1 is 0.900 bits per heavy atom. The maximum Gasteiger partial charge on any atom is 0.216 e. The molecule has 30 heavy (non-hydrogen) atoms. The van der Waals surface area contributed by atoms with E-state index in [9.17, 15) is 15.0 Å². The van der Waals surface area contributed by atoms with Crippen LogP contribution in [-0.4, -0.2) is 54.6 Å². The number of ether oxygens (including phenoxy) is 1. The molecule has 0 spiro atoms. The molecule has 1 fully saturated rings. The van der Waals surface area contributed by atoms with Crippen molar-refractivity contribution >= 4 is 5.97 Å². The zero-order valence-corrected chi connectivity index (χ0v) is 20.1. The summed E-state index contributed by atoms with van der Waals surface area (Å²) in [7, 11) is 4.03. The number of aliphatic carboxylic acids is 1. The molecule has 2 atom stereocenters. The van der Waals surface area contributed by atoms with E-state index < -0.39 is 17.9 Å². The summed E-state index contributed by atoms with van der Waals surface area (Å²) in [5, 5.41) is 21.8. The second kappa shape index (κ2) is 15.2. The third-order valence-corrected chi connectivity index (χ3v) is 6.32. The van der Waals surface area contributed by atoms with Gasteiger partial charge in [-0.25, -0.2) is 0 Å². The predicted molar refractivity (Wildman–Crippen MR) is 121 cm³/mol. The van der Waals surface area contributed by atoms with Gasteiger partial charge in [0, 0.05) is 18.8 Å². The van der Waals surface area contributed by atoms with Gasteiger partial charge < -0.3 is 24.2 Å². The molecule has 178 valence electrons. The molecule has 5 nitrogen and oxygen atoms in total. The molecule has 0 aromatic carbocycles. The van der Waals surface area contributed by atoms with Crippen LogP contribution in [0.2, 0.25) is 0 Å². The fourth-order valence-electron chi connectivity index (χ4n) is 4.87. The molecule has 0 saturated carbocycles. The molecule has 1 aliphatic rings. The topological polar surface area (TPSA) is 69.6 Å². The summed E-state index contributed by atoms with van der Waals surface area (Å²) in [4.78, 5) is 10.9. The van der Waals surface area contributed by atoms with Gasteiger partial charge in [0.05, 0.1) is 14.1 Å². The van der Waals surface area contributed by atoms with Gasteiger partial charge in [0.25, 0.3) is 0 Å². The lowest BCUT2D eigenvalue weighted by molar-refractivity contribution is -0.915. The van der Waals surface area contributed by atoms with Crippen LogP contribution in [0.5, 0.6) is 0 Å². The molecule has 0 unspecified atom stereocenters. The van der Waals surface area contributed by atoms with Crippen molar-refractivity contribution in [2.45, 2.75) is 128 Å². The number of aliphatic hydroxyl groups is 1. The van der Waals surface area contributed by atoms with E-state index in [1.54, 1.807) is 0 Å². The summed E-state index contributed by atoms with van der Waals surface area (Å²) in [6.07, 6.45) is 19.7. The Kier molecular flexibility index (Phi) is 13.9. The molecule has 0 radical (unpaired) electrons. The maximum atomic E-state index is 10.9. The van der Waals surface area contributed by atoms with Crippen molar-refractivity contribution in [1.82, 2.24) is 0 Å². The number of carboxylic acid groups (broad SMARTS) is 1. The highest BCUT2D eigenvalue weighted by Gasteiger charge is 2.44. The van der Waals surface area contributed by atoms with Gasteiger partial charge in [-0.05, 0) is 6.42 Å². The molecule has 1 aliphatic heterocycles. The number of morpholine rings is 1. The molecule has 1 heterocycles. The van der Waals surface area contributed by atoms with Crippen molar-refractivity contribution in [3.8, 4) is 0 Å². The summed E-state index contributed by atoms with van der Waals surface area (Å²) >= 11 is 0. The fraction of sp³-hybridized carbons (Fsp3) is 0.960. The average molecular weight is 428 g/mol. The second-order valence-corrected chi connectivity index (χ2v) is 10.2. The highest BCUT2D eigenvalue weighted by atomic mass is 16.6. The van der Waals surface area contributed by atoms with Crippen molar-refractivity contribution in [3.63, 3.8) is 0 Å². The van der Waals surface area contributed by atoms with Crippen molar-refractivity contribution in [2.75, 3.05) is 27.2 Å². The smallest absolute Gasteiger partial charge is 0.216 e. The molecule has 5 heteroatoms. The Morgan fingerprint density at radius 2 is 1.33 bits per heavy atom. The summed E-state index contributed by atoms with van der Waals surface area (Å²) < 4.78 is 6.34. The van der Waals surface area contributed by atoms with Gasteiger partial charge in [0.15, 0.2) is 0 Å². The Balaban J connectivity index is 2.01. The third kappa shape index (κ3) is 13.6. The van der Waals surface area contributed by atoms with Crippen LogP contribution < -0.4 is 5.11 Å². The molecule has 1 saturated heterocycles. The van der Waals surface area contributed by atoms with Crippen LogP contribution in [0.4, 0.5) is 0 Å². The van der Waals surface area contributed by atoms with Crippen LogP contribution >= 0.6 is 0 Å². The number of carbonyl (C=O) groups is 1. The molecular weight excluding hydrogens is 378 g/mol. The first-order valence-electron chi connectivity index (χ1n) is 12.7. The zero-order valence-electron chi connectivity index (χ0n) is 20.1. The largest absolute Gasteiger partial charge is 0.550 e. The number of rotatable bonds is 18. The molecule has 0 aliphatic carbocycles. The molecule has 1 rings (SSSR count). The Bertz CT molecular complexity index is 454. The Hall–Kier alpha value is -0.650. The molecule has 0 amide bonds. The SMILES string of the molecule is CCCCCCCCCCCCCCCCC[C@@]1(O)C[N+](C)(C)C[C@@H](CC(=O)[O-])O1. The van der Waals surface area contributed by atoms with Gasteiger partial charge in [-0.2, -0.15) is 0 Å². The number of carboxylic acids is 1. The van der Waals surface area contributed by atoms with Crippen LogP contribution in [0.1, 0.15) is 116 Å².